The highest BCUT2D eigenvalue weighted by Crippen LogP contribution is 2.55. The van der Waals surface area contributed by atoms with Crippen LogP contribution < -0.4 is 0 Å². The van der Waals surface area contributed by atoms with Crippen LogP contribution in [0, 0.1) is 23.7 Å². The van der Waals surface area contributed by atoms with E-state index in [9.17, 15) is 0 Å². The van der Waals surface area contributed by atoms with Crippen LogP contribution in [0.15, 0.2) is 12.2 Å². The number of fused-ring (bicyclic) bond motifs is 5. The van der Waals surface area contributed by atoms with Crippen molar-refractivity contribution in [2.45, 2.75) is 53.4 Å². The van der Waals surface area contributed by atoms with Gasteiger partial charge in [-0.05, 0) is 42.9 Å². The molecule has 0 saturated heterocycles. The molecule has 0 amide bonds. The summed E-state index contributed by atoms with van der Waals surface area (Å²) in [5.41, 5.74) is 0. The molecule has 2 saturated carbocycles. The van der Waals surface area contributed by atoms with Crippen LogP contribution >= 0.6 is 0 Å². The maximum absolute atomic E-state index is 2.48. The molecule has 0 N–H and O–H groups in total. The van der Waals surface area contributed by atoms with Crippen LogP contribution in [0.4, 0.5) is 0 Å². The minimum atomic E-state index is 1.01. The monoisotopic (exact) mass is 194 g/mol. The van der Waals surface area contributed by atoms with Crippen LogP contribution in [-0.2, 0) is 0 Å². The summed E-state index contributed by atoms with van der Waals surface area (Å²) in [6.07, 6.45) is 11.1. The Morgan fingerprint density at radius 3 is 1.64 bits per heavy atom. The summed E-state index contributed by atoms with van der Waals surface area (Å²) in [6, 6.07) is 0. The zero-order valence-electron chi connectivity index (χ0n) is 10.3. The van der Waals surface area contributed by atoms with Crippen molar-refractivity contribution in [1.82, 2.24) is 0 Å². The van der Waals surface area contributed by atoms with Crippen LogP contribution in [0.2, 0.25) is 0 Å². The largest absolute Gasteiger partial charge is 0.0848 e. The van der Waals surface area contributed by atoms with Crippen molar-refractivity contribution in [3.05, 3.63) is 12.2 Å². The molecule has 0 nitrogen and oxygen atoms in total. The normalized spacial score (nSPS) is 40.9. The summed E-state index contributed by atoms with van der Waals surface area (Å²) >= 11 is 0. The fourth-order valence-corrected chi connectivity index (χ4v) is 3.47. The molecule has 4 unspecified atom stereocenters. The van der Waals surface area contributed by atoms with Crippen LogP contribution in [0.3, 0.4) is 0 Å². The molecule has 3 aliphatic carbocycles. The molecular weight excluding hydrogens is 168 g/mol. The third-order valence-corrected chi connectivity index (χ3v) is 3.87. The van der Waals surface area contributed by atoms with E-state index in [0.29, 0.717) is 0 Å². The van der Waals surface area contributed by atoms with Crippen molar-refractivity contribution in [1.29, 1.82) is 0 Å². The molecule has 0 heteroatoms. The van der Waals surface area contributed by atoms with Crippen LogP contribution in [0.1, 0.15) is 53.4 Å². The zero-order chi connectivity index (χ0) is 10.6. The molecule has 0 spiro atoms. The Morgan fingerprint density at radius 1 is 0.786 bits per heavy atom. The van der Waals surface area contributed by atoms with E-state index in [2.05, 4.69) is 12.2 Å². The van der Waals surface area contributed by atoms with E-state index in [-0.39, 0.29) is 0 Å². The first-order valence-corrected chi connectivity index (χ1v) is 6.63. The molecule has 4 atom stereocenters. The maximum Gasteiger partial charge on any atom is -0.0196 e. The lowest BCUT2D eigenvalue weighted by atomic mass is 9.86. The second kappa shape index (κ2) is 5.58. The predicted molar refractivity (Wildman–Crippen MR) is 64.3 cm³/mol. The Labute approximate surface area is 89.8 Å². The van der Waals surface area contributed by atoms with E-state index in [1.54, 1.807) is 0 Å². The third kappa shape index (κ3) is 1.89. The lowest BCUT2D eigenvalue weighted by molar-refractivity contribution is 0.364. The molecule has 0 radical (unpaired) electrons. The van der Waals surface area contributed by atoms with Crippen LogP contribution in [0.5, 0.6) is 0 Å². The SMILES string of the molecule is C1=CC2CC1C1CCCC21.CC.CC. The molecule has 2 bridgehead atoms. The van der Waals surface area contributed by atoms with E-state index in [4.69, 9.17) is 0 Å². The molecule has 2 fully saturated rings. The van der Waals surface area contributed by atoms with Gasteiger partial charge in [-0.3, -0.25) is 0 Å². The molecular formula is C14H26. The molecule has 0 aromatic heterocycles. The van der Waals surface area contributed by atoms with Gasteiger partial charge in [0.1, 0.15) is 0 Å². The molecule has 14 heavy (non-hydrogen) atoms. The van der Waals surface area contributed by atoms with E-state index in [1.807, 2.05) is 27.7 Å². The minimum absolute atomic E-state index is 1.01. The van der Waals surface area contributed by atoms with Crippen molar-refractivity contribution in [2.24, 2.45) is 23.7 Å². The fourth-order valence-electron chi connectivity index (χ4n) is 3.47. The van der Waals surface area contributed by atoms with Crippen molar-refractivity contribution in [2.75, 3.05) is 0 Å². The summed E-state index contributed by atoms with van der Waals surface area (Å²) < 4.78 is 0. The number of allylic oxidation sites excluding steroid dienone is 2. The summed E-state index contributed by atoms with van der Waals surface area (Å²) in [7, 11) is 0. The zero-order valence-corrected chi connectivity index (χ0v) is 10.3. The average Bonchev–Trinajstić information content (AvgIpc) is 2.97. The van der Waals surface area contributed by atoms with Gasteiger partial charge < -0.3 is 0 Å². The second-order valence-electron chi connectivity index (χ2n) is 4.21. The van der Waals surface area contributed by atoms with Gasteiger partial charge in [0.2, 0.25) is 0 Å². The van der Waals surface area contributed by atoms with Gasteiger partial charge in [-0.2, -0.15) is 0 Å². The van der Waals surface area contributed by atoms with Gasteiger partial charge in [-0.1, -0.05) is 46.3 Å². The number of hydrogen-bond donors (Lipinski definition) is 0. The van der Waals surface area contributed by atoms with Crippen molar-refractivity contribution < 1.29 is 0 Å². The summed E-state index contributed by atoms with van der Waals surface area (Å²) in [4.78, 5) is 0. The molecule has 0 aliphatic heterocycles. The van der Waals surface area contributed by atoms with Crippen molar-refractivity contribution >= 4 is 0 Å². The Balaban J connectivity index is 0.000000222. The third-order valence-electron chi connectivity index (χ3n) is 3.87. The van der Waals surface area contributed by atoms with E-state index in [0.717, 1.165) is 23.7 Å². The molecule has 0 aromatic carbocycles. The standard InChI is InChI=1S/C10H14.2C2H6/c1-2-9-7-4-5-8(6-7)10(9)3-1;2*1-2/h4-5,7-10H,1-3,6H2;2*1-2H3. The Hall–Kier alpha value is -0.260. The smallest absolute Gasteiger partial charge is 0.0196 e. The van der Waals surface area contributed by atoms with Crippen molar-refractivity contribution in [3.63, 3.8) is 0 Å². The Kier molecular flexibility index (Phi) is 4.71. The van der Waals surface area contributed by atoms with Gasteiger partial charge in [0.05, 0.1) is 0 Å². The maximum atomic E-state index is 2.48. The minimum Gasteiger partial charge on any atom is -0.0848 e. The Morgan fingerprint density at radius 2 is 1.21 bits per heavy atom. The van der Waals surface area contributed by atoms with Gasteiger partial charge in [0, 0.05) is 0 Å². The van der Waals surface area contributed by atoms with E-state index in [1.165, 1.54) is 25.7 Å². The quantitative estimate of drug-likeness (QED) is 0.492. The van der Waals surface area contributed by atoms with Gasteiger partial charge in [0.15, 0.2) is 0 Å². The second-order valence-corrected chi connectivity index (χ2v) is 4.21. The first-order chi connectivity index (χ1) is 6.95. The fraction of sp³-hybridized carbons (Fsp3) is 0.857. The topological polar surface area (TPSA) is 0 Å². The van der Waals surface area contributed by atoms with Gasteiger partial charge in [-0.25, -0.2) is 0 Å². The average molecular weight is 194 g/mol. The van der Waals surface area contributed by atoms with Gasteiger partial charge in [0.25, 0.3) is 0 Å². The Bertz CT molecular complexity index is 162. The van der Waals surface area contributed by atoms with E-state index < -0.39 is 0 Å². The number of hydrogen-bond acceptors (Lipinski definition) is 0. The molecule has 3 rings (SSSR count). The molecule has 0 aromatic rings. The molecule has 3 aliphatic rings. The van der Waals surface area contributed by atoms with E-state index >= 15 is 0 Å². The first-order valence-electron chi connectivity index (χ1n) is 6.63. The highest BCUT2D eigenvalue weighted by molar-refractivity contribution is 5.14. The first kappa shape index (κ1) is 11.8. The summed E-state index contributed by atoms with van der Waals surface area (Å²) in [6.45, 7) is 8.00. The lowest BCUT2D eigenvalue weighted by Gasteiger charge is -2.19. The summed E-state index contributed by atoms with van der Waals surface area (Å²) in [5, 5.41) is 0. The van der Waals surface area contributed by atoms with Gasteiger partial charge in [-0.15, -0.1) is 0 Å². The lowest BCUT2D eigenvalue weighted by Crippen LogP contribution is -2.12. The highest BCUT2D eigenvalue weighted by Gasteiger charge is 2.46. The highest BCUT2D eigenvalue weighted by atomic mass is 14.5. The molecule has 82 valence electrons. The number of rotatable bonds is 0. The van der Waals surface area contributed by atoms with Crippen LogP contribution in [0.25, 0.3) is 0 Å². The van der Waals surface area contributed by atoms with Crippen molar-refractivity contribution in [3.8, 4) is 0 Å². The predicted octanol–water partition coefficient (Wildman–Crippen LogP) is 4.66. The van der Waals surface area contributed by atoms with Crippen LogP contribution in [-0.4, -0.2) is 0 Å². The summed E-state index contributed by atoms with van der Waals surface area (Å²) in [5.74, 6) is 4.26. The molecule has 0 heterocycles. The van der Waals surface area contributed by atoms with Gasteiger partial charge >= 0.3 is 0 Å².